The molecule has 0 bridgehead atoms. The number of sulfonamides is 1. The number of aromatic nitrogens is 1. The zero-order valence-corrected chi connectivity index (χ0v) is 15.5. The average molecular weight is 398 g/mol. The number of nitrogens with one attached hydrogen (secondary N) is 1. The van der Waals surface area contributed by atoms with Gasteiger partial charge in [0.2, 0.25) is 15.9 Å². The van der Waals surface area contributed by atoms with Gasteiger partial charge in [0.15, 0.2) is 0 Å². The second kappa shape index (κ2) is 8.26. The first kappa shape index (κ1) is 19.8. The number of likely N-dealkylation sites (N-methyl/N-ethyl adjacent to an activating group) is 1. The van der Waals surface area contributed by atoms with Crippen molar-refractivity contribution in [3.8, 4) is 0 Å². The van der Waals surface area contributed by atoms with Crippen LogP contribution in [0.15, 0.2) is 47.6 Å². The van der Waals surface area contributed by atoms with Gasteiger partial charge in [0.1, 0.15) is 4.90 Å². The van der Waals surface area contributed by atoms with Crippen LogP contribution in [0, 0.1) is 0 Å². The Morgan fingerprint density at radius 1 is 1.31 bits per heavy atom. The summed E-state index contributed by atoms with van der Waals surface area (Å²) < 4.78 is 30.3. The van der Waals surface area contributed by atoms with E-state index in [-0.39, 0.29) is 21.2 Å². The van der Waals surface area contributed by atoms with Gasteiger partial charge in [-0.05, 0) is 30.3 Å². The molecule has 1 N–H and O–H groups in total. The molecule has 1 aromatic carbocycles. The van der Waals surface area contributed by atoms with Crippen LogP contribution in [0.5, 0.6) is 0 Å². The van der Waals surface area contributed by atoms with E-state index in [2.05, 4.69) is 15.0 Å². The Labute approximate surface area is 155 Å². The second-order valence-electron chi connectivity index (χ2n) is 5.18. The number of carbonyl (C=O) groups is 2. The summed E-state index contributed by atoms with van der Waals surface area (Å²) in [6.45, 7) is -0.448. The lowest BCUT2D eigenvalue weighted by Crippen LogP contribution is -2.35. The van der Waals surface area contributed by atoms with E-state index in [1.807, 2.05) is 0 Å². The Bertz CT molecular complexity index is 919. The predicted molar refractivity (Wildman–Crippen MR) is 95.5 cm³/mol. The summed E-state index contributed by atoms with van der Waals surface area (Å²) >= 11 is 6.00. The topological polar surface area (TPSA) is 106 Å². The summed E-state index contributed by atoms with van der Waals surface area (Å²) in [5, 5.41) is 2.68. The molecule has 2 aromatic rings. The fraction of sp³-hybridized carbons (Fsp3) is 0.188. The van der Waals surface area contributed by atoms with Gasteiger partial charge in [-0.3, -0.25) is 9.78 Å². The number of hydrogen-bond acceptors (Lipinski definition) is 6. The summed E-state index contributed by atoms with van der Waals surface area (Å²) in [6.07, 6.45) is 2.64. The fourth-order valence-electron chi connectivity index (χ4n) is 2.02. The first-order chi connectivity index (χ1) is 12.3. The first-order valence-corrected chi connectivity index (χ1v) is 9.11. The molecule has 0 atom stereocenters. The van der Waals surface area contributed by atoms with Crippen LogP contribution >= 0.6 is 11.6 Å². The zero-order chi connectivity index (χ0) is 19.3. The zero-order valence-electron chi connectivity index (χ0n) is 14.0. The van der Waals surface area contributed by atoms with E-state index in [0.717, 1.165) is 4.31 Å². The molecule has 0 aliphatic rings. The molecule has 0 spiro atoms. The molecule has 2 rings (SSSR count). The lowest BCUT2D eigenvalue weighted by Gasteiger charge is -2.17. The SMILES string of the molecule is COC(=O)c1ccc(Cl)c(NC(=O)CN(C)S(=O)(=O)c2cccnc2)c1. The normalized spacial score (nSPS) is 11.2. The molecule has 138 valence electrons. The highest BCUT2D eigenvalue weighted by molar-refractivity contribution is 7.89. The summed E-state index contributed by atoms with van der Waals surface area (Å²) in [7, 11) is -1.36. The van der Waals surface area contributed by atoms with Crippen LogP contribution < -0.4 is 5.32 Å². The number of anilines is 1. The van der Waals surface area contributed by atoms with Crippen LogP contribution in [0.4, 0.5) is 5.69 Å². The second-order valence-corrected chi connectivity index (χ2v) is 7.64. The molecule has 0 aliphatic carbocycles. The lowest BCUT2D eigenvalue weighted by atomic mass is 10.2. The minimum Gasteiger partial charge on any atom is -0.465 e. The molecule has 0 saturated carbocycles. The Hall–Kier alpha value is -2.49. The van der Waals surface area contributed by atoms with Crippen LogP contribution in [0.25, 0.3) is 0 Å². The van der Waals surface area contributed by atoms with Crippen molar-refractivity contribution in [2.45, 2.75) is 4.90 Å². The summed E-state index contributed by atoms with van der Waals surface area (Å²) in [5.41, 5.74) is 0.371. The highest BCUT2D eigenvalue weighted by Gasteiger charge is 2.23. The van der Waals surface area contributed by atoms with E-state index in [4.69, 9.17) is 11.6 Å². The number of nitrogens with zero attached hydrogens (tertiary/aromatic N) is 2. The molecule has 26 heavy (non-hydrogen) atoms. The monoisotopic (exact) mass is 397 g/mol. The highest BCUT2D eigenvalue weighted by atomic mass is 35.5. The number of esters is 1. The molecule has 1 amide bonds. The Morgan fingerprint density at radius 2 is 2.04 bits per heavy atom. The summed E-state index contributed by atoms with van der Waals surface area (Å²) in [5.74, 6) is -1.21. The molecule has 1 heterocycles. The van der Waals surface area contributed by atoms with Gasteiger partial charge in [-0.2, -0.15) is 4.31 Å². The third-order valence-electron chi connectivity index (χ3n) is 3.37. The quantitative estimate of drug-likeness (QED) is 0.745. The molecule has 0 fully saturated rings. The predicted octanol–water partition coefficient (Wildman–Crippen LogP) is 1.78. The number of rotatable bonds is 6. The minimum absolute atomic E-state index is 0.0268. The van der Waals surface area contributed by atoms with Crippen molar-refractivity contribution in [1.82, 2.24) is 9.29 Å². The minimum atomic E-state index is -3.86. The van der Waals surface area contributed by atoms with Gasteiger partial charge in [-0.25, -0.2) is 13.2 Å². The first-order valence-electron chi connectivity index (χ1n) is 7.30. The van der Waals surface area contributed by atoms with Crippen molar-refractivity contribution in [3.63, 3.8) is 0 Å². The Kier molecular flexibility index (Phi) is 6.30. The van der Waals surface area contributed by atoms with Crippen molar-refractivity contribution in [1.29, 1.82) is 0 Å². The van der Waals surface area contributed by atoms with Crippen molar-refractivity contribution in [2.75, 3.05) is 26.0 Å². The molecule has 0 aliphatic heterocycles. The Balaban J connectivity index is 2.13. The van der Waals surface area contributed by atoms with Gasteiger partial charge in [0.25, 0.3) is 0 Å². The van der Waals surface area contributed by atoms with Crippen LogP contribution in [0.3, 0.4) is 0 Å². The van der Waals surface area contributed by atoms with Gasteiger partial charge < -0.3 is 10.1 Å². The average Bonchev–Trinajstić information content (AvgIpc) is 2.63. The van der Waals surface area contributed by atoms with Gasteiger partial charge in [-0.1, -0.05) is 11.6 Å². The standard InChI is InChI=1S/C16H16ClN3O5S/c1-20(26(23,24)12-4-3-7-18-9-12)10-15(21)19-14-8-11(16(22)25-2)5-6-13(14)17/h3-9H,10H2,1-2H3,(H,19,21). The number of halogens is 1. The van der Waals surface area contributed by atoms with Crippen molar-refractivity contribution in [2.24, 2.45) is 0 Å². The maximum atomic E-state index is 12.4. The van der Waals surface area contributed by atoms with Crippen molar-refractivity contribution in [3.05, 3.63) is 53.3 Å². The number of methoxy groups -OCH3 is 1. The van der Waals surface area contributed by atoms with E-state index in [1.54, 1.807) is 0 Å². The van der Waals surface area contributed by atoms with E-state index in [9.17, 15) is 18.0 Å². The smallest absolute Gasteiger partial charge is 0.337 e. The van der Waals surface area contributed by atoms with Gasteiger partial charge in [0.05, 0.1) is 29.9 Å². The summed E-state index contributed by atoms with van der Waals surface area (Å²) in [6, 6.07) is 7.09. The number of benzene rings is 1. The lowest BCUT2D eigenvalue weighted by molar-refractivity contribution is -0.116. The van der Waals surface area contributed by atoms with Crippen molar-refractivity contribution >= 4 is 39.2 Å². The fourth-order valence-corrected chi connectivity index (χ4v) is 3.28. The van der Waals surface area contributed by atoms with Gasteiger partial charge >= 0.3 is 5.97 Å². The highest BCUT2D eigenvalue weighted by Crippen LogP contribution is 2.23. The number of carbonyl (C=O) groups excluding carboxylic acids is 2. The Morgan fingerprint density at radius 3 is 2.65 bits per heavy atom. The molecule has 10 heteroatoms. The molecule has 0 saturated heterocycles. The third-order valence-corrected chi connectivity index (χ3v) is 5.49. The summed E-state index contributed by atoms with van der Waals surface area (Å²) in [4.78, 5) is 27.5. The maximum Gasteiger partial charge on any atom is 0.337 e. The van der Waals surface area contributed by atoms with E-state index in [1.165, 1.54) is 56.9 Å². The van der Waals surface area contributed by atoms with E-state index >= 15 is 0 Å². The maximum absolute atomic E-state index is 12.4. The van der Waals surface area contributed by atoms with Crippen molar-refractivity contribution < 1.29 is 22.7 Å². The van der Waals surface area contributed by atoms with Crippen LogP contribution in [0.2, 0.25) is 5.02 Å². The van der Waals surface area contributed by atoms with Crippen LogP contribution in [-0.4, -0.2) is 50.3 Å². The van der Waals surface area contributed by atoms with Gasteiger partial charge in [0, 0.05) is 19.4 Å². The van der Waals surface area contributed by atoms with E-state index in [0.29, 0.717) is 0 Å². The van der Waals surface area contributed by atoms with Gasteiger partial charge in [-0.15, -0.1) is 0 Å². The largest absolute Gasteiger partial charge is 0.465 e. The molecular formula is C16H16ClN3O5S. The number of ether oxygens (including phenoxy) is 1. The number of pyridine rings is 1. The molecule has 0 unspecified atom stereocenters. The van der Waals surface area contributed by atoms with E-state index < -0.39 is 28.4 Å². The van der Waals surface area contributed by atoms with Crippen LogP contribution in [0.1, 0.15) is 10.4 Å². The third kappa shape index (κ3) is 4.57. The molecule has 8 nitrogen and oxygen atoms in total. The number of amides is 1. The van der Waals surface area contributed by atoms with Crippen LogP contribution in [-0.2, 0) is 19.6 Å². The molecule has 1 aromatic heterocycles. The molecular weight excluding hydrogens is 382 g/mol. The number of hydrogen-bond donors (Lipinski definition) is 1. The molecule has 0 radical (unpaired) electrons.